The molecule has 0 spiro atoms. The number of aromatic nitrogens is 2. The second-order valence-corrected chi connectivity index (χ2v) is 4.24. The predicted octanol–water partition coefficient (Wildman–Crippen LogP) is 1.78. The van der Waals surface area contributed by atoms with Gasteiger partial charge in [-0.15, -0.1) is 0 Å². The molecule has 2 rings (SSSR count). The minimum atomic E-state index is -0.730. The summed E-state index contributed by atoms with van der Waals surface area (Å²) in [5.41, 5.74) is 0.727. The van der Waals surface area contributed by atoms with Gasteiger partial charge in [0.2, 0.25) is 0 Å². The summed E-state index contributed by atoms with van der Waals surface area (Å²) < 4.78 is 5.97. The molecule has 0 aliphatic carbocycles. The second-order valence-electron chi connectivity index (χ2n) is 3.80. The lowest BCUT2D eigenvalue weighted by Gasteiger charge is -2.15. The number of fused-ring (bicyclic) bond motifs is 1. The molecule has 6 heteroatoms. The van der Waals surface area contributed by atoms with Crippen LogP contribution in [0.15, 0.2) is 29.2 Å². The van der Waals surface area contributed by atoms with E-state index in [1.54, 1.807) is 25.1 Å². The molecule has 0 aliphatic rings. The van der Waals surface area contributed by atoms with Crippen LogP contribution in [0.1, 0.15) is 13.0 Å². The molecule has 1 unspecified atom stereocenters. The zero-order chi connectivity index (χ0) is 13.3. The number of esters is 1. The highest BCUT2D eigenvalue weighted by Crippen LogP contribution is 2.19. The first-order valence-electron chi connectivity index (χ1n) is 5.29. The van der Waals surface area contributed by atoms with Gasteiger partial charge in [0.1, 0.15) is 6.04 Å². The van der Waals surface area contributed by atoms with Crippen LogP contribution in [0.5, 0.6) is 0 Å². The number of benzene rings is 1. The van der Waals surface area contributed by atoms with Crippen LogP contribution >= 0.6 is 11.6 Å². The molecule has 1 heterocycles. The van der Waals surface area contributed by atoms with Crippen molar-refractivity contribution in [1.29, 1.82) is 0 Å². The van der Waals surface area contributed by atoms with Crippen molar-refractivity contribution in [2.24, 2.45) is 0 Å². The number of methoxy groups -OCH3 is 1. The number of hydrogen-bond acceptors (Lipinski definition) is 4. The van der Waals surface area contributed by atoms with E-state index in [1.807, 2.05) is 0 Å². The fourth-order valence-electron chi connectivity index (χ4n) is 1.78. The van der Waals surface area contributed by atoms with Crippen LogP contribution in [0.4, 0.5) is 0 Å². The minimum absolute atomic E-state index is 0.373. The summed E-state index contributed by atoms with van der Waals surface area (Å²) in [7, 11) is 1.28. The van der Waals surface area contributed by atoms with Crippen molar-refractivity contribution in [3.63, 3.8) is 0 Å². The zero-order valence-electron chi connectivity index (χ0n) is 9.88. The van der Waals surface area contributed by atoms with Crippen molar-refractivity contribution in [3.8, 4) is 0 Å². The summed E-state index contributed by atoms with van der Waals surface area (Å²) in [6.45, 7) is 1.59. The van der Waals surface area contributed by atoms with Gasteiger partial charge in [-0.3, -0.25) is 9.36 Å². The fourth-order valence-corrected chi connectivity index (χ4v) is 1.95. The first-order chi connectivity index (χ1) is 8.54. The van der Waals surface area contributed by atoms with Gasteiger partial charge < -0.3 is 4.74 Å². The van der Waals surface area contributed by atoms with Gasteiger partial charge in [0.05, 0.1) is 24.3 Å². The SMILES string of the molecule is COC(=O)C(C)n1c(=O)cnc2ccc(Cl)cc21. The molecule has 94 valence electrons. The van der Waals surface area contributed by atoms with E-state index in [-0.39, 0.29) is 5.56 Å². The maximum absolute atomic E-state index is 11.9. The van der Waals surface area contributed by atoms with E-state index in [4.69, 9.17) is 11.6 Å². The van der Waals surface area contributed by atoms with E-state index in [0.29, 0.717) is 16.1 Å². The van der Waals surface area contributed by atoms with Crippen LogP contribution in [-0.4, -0.2) is 22.6 Å². The molecule has 0 N–H and O–H groups in total. The minimum Gasteiger partial charge on any atom is -0.467 e. The molecule has 1 atom stereocenters. The van der Waals surface area contributed by atoms with Crippen LogP contribution in [0.2, 0.25) is 5.02 Å². The molecule has 1 aromatic carbocycles. The van der Waals surface area contributed by atoms with Gasteiger partial charge in [-0.1, -0.05) is 11.6 Å². The molecular weight excluding hydrogens is 256 g/mol. The quantitative estimate of drug-likeness (QED) is 0.778. The largest absolute Gasteiger partial charge is 0.467 e. The Morgan fingerprint density at radius 1 is 1.50 bits per heavy atom. The molecule has 2 aromatic rings. The Morgan fingerprint density at radius 2 is 2.22 bits per heavy atom. The highest BCUT2D eigenvalue weighted by Gasteiger charge is 2.19. The normalized spacial score (nSPS) is 12.4. The Labute approximate surface area is 108 Å². The van der Waals surface area contributed by atoms with Crippen molar-refractivity contribution < 1.29 is 9.53 Å². The predicted molar refractivity (Wildman–Crippen MR) is 67.7 cm³/mol. The third-order valence-electron chi connectivity index (χ3n) is 2.68. The monoisotopic (exact) mass is 266 g/mol. The number of halogens is 1. The third kappa shape index (κ3) is 2.09. The van der Waals surface area contributed by atoms with Crippen LogP contribution in [0.3, 0.4) is 0 Å². The maximum atomic E-state index is 11.9. The van der Waals surface area contributed by atoms with Crippen molar-refractivity contribution >= 4 is 28.6 Å². The van der Waals surface area contributed by atoms with Crippen LogP contribution in [0.25, 0.3) is 11.0 Å². The van der Waals surface area contributed by atoms with Gasteiger partial charge in [0.25, 0.3) is 5.56 Å². The highest BCUT2D eigenvalue weighted by atomic mass is 35.5. The zero-order valence-corrected chi connectivity index (χ0v) is 10.6. The van der Waals surface area contributed by atoms with Crippen LogP contribution in [0, 0.1) is 0 Å². The van der Waals surface area contributed by atoms with Gasteiger partial charge in [-0.2, -0.15) is 0 Å². The molecular formula is C12H11ClN2O3. The molecule has 0 bridgehead atoms. The third-order valence-corrected chi connectivity index (χ3v) is 2.91. The number of ether oxygens (including phenoxy) is 1. The number of nitrogens with zero attached hydrogens (tertiary/aromatic N) is 2. The summed E-state index contributed by atoms with van der Waals surface area (Å²) in [4.78, 5) is 27.4. The standard InChI is InChI=1S/C12H11ClN2O3/c1-7(12(17)18-2)15-10-5-8(13)3-4-9(10)14-6-11(15)16/h3-7H,1-2H3. The Kier molecular flexibility index (Phi) is 3.34. The number of hydrogen-bond donors (Lipinski definition) is 0. The molecule has 0 saturated carbocycles. The molecule has 1 aromatic heterocycles. The smallest absolute Gasteiger partial charge is 0.328 e. The molecule has 5 nitrogen and oxygen atoms in total. The second kappa shape index (κ2) is 4.78. The molecule has 0 aliphatic heterocycles. The highest BCUT2D eigenvalue weighted by molar-refractivity contribution is 6.31. The van der Waals surface area contributed by atoms with Crippen LogP contribution in [-0.2, 0) is 9.53 Å². The average molecular weight is 267 g/mol. The van der Waals surface area contributed by atoms with Gasteiger partial charge in [-0.25, -0.2) is 9.78 Å². The Hall–Kier alpha value is -1.88. The van der Waals surface area contributed by atoms with Gasteiger partial charge in [0, 0.05) is 5.02 Å². The van der Waals surface area contributed by atoms with Crippen molar-refractivity contribution in [2.45, 2.75) is 13.0 Å². The summed E-state index contributed by atoms with van der Waals surface area (Å²) in [6.07, 6.45) is 1.18. The van der Waals surface area contributed by atoms with Crippen LogP contribution < -0.4 is 5.56 Å². The molecule has 0 saturated heterocycles. The lowest BCUT2D eigenvalue weighted by Crippen LogP contribution is -2.29. The van der Waals surface area contributed by atoms with Crippen molar-refractivity contribution in [3.05, 3.63) is 39.8 Å². The fraction of sp³-hybridized carbons (Fsp3) is 0.250. The van der Waals surface area contributed by atoms with E-state index in [0.717, 1.165) is 0 Å². The summed E-state index contributed by atoms with van der Waals surface area (Å²) in [6, 6.07) is 4.24. The van der Waals surface area contributed by atoms with E-state index in [1.165, 1.54) is 17.9 Å². The molecule has 0 amide bonds. The molecule has 0 radical (unpaired) electrons. The van der Waals surface area contributed by atoms with E-state index >= 15 is 0 Å². The van der Waals surface area contributed by atoms with Crippen molar-refractivity contribution in [2.75, 3.05) is 7.11 Å². The maximum Gasteiger partial charge on any atom is 0.328 e. The Morgan fingerprint density at radius 3 is 2.89 bits per heavy atom. The summed E-state index contributed by atoms with van der Waals surface area (Å²) in [5.74, 6) is -0.496. The molecule has 0 fully saturated rings. The van der Waals surface area contributed by atoms with Gasteiger partial charge in [0.15, 0.2) is 0 Å². The number of carbonyl (C=O) groups excluding carboxylic acids is 1. The van der Waals surface area contributed by atoms with E-state index < -0.39 is 12.0 Å². The first kappa shape index (κ1) is 12.6. The average Bonchev–Trinajstić information content (AvgIpc) is 2.36. The Bertz CT molecular complexity index is 666. The van der Waals surface area contributed by atoms with Gasteiger partial charge in [-0.05, 0) is 25.1 Å². The topological polar surface area (TPSA) is 61.2 Å². The summed E-state index contributed by atoms with van der Waals surface area (Å²) >= 11 is 5.90. The first-order valence-corrected chi connectivity index (χ1v) is 5.67. The summed E-state index contributed by atoms with van der Waals surface area (Å²) in [5, 5.41) is 0.473. The number of rotatable bonds is 2. The van der Waals surface area contributed by atoms with Gasteiger partial charge >= 0.3 is 5.97 Å². The molecule has 18 heavy (non-hydrogen) atoms. The van der Waals surface area contributed by atoms with E-state index in [2.05, 4.69) is 9.72 Å². The number of carbonyl (C=O) groups is 1. The lowest BCUT2D eigenvalue weighted by atomic mass is 10.2. The Balaban J connectivity index is 2.75. The van der Waals surface area contributed by atoms with E-state index in [9.17, 15) is 9.59 Å². The lowest BCUT2D eigenvalue weighted by molar-refractivity contribution is -0.144. The van der Waals surface area contributed by atoms with Crippen molar-refractivity contribution in [1.82, 2.24) is 9.55 Å².